The number of thioether (sulfide) groups is 1. The lowest BCUT2D eigenvalue weighted by Gasteiger charge is -2.15. The quantitative estimate of drug-likeness (QED) is 0.0345. The monoisotopic (exact) mass is 906 g/mol. The number of hydrogen-bond acceptors (Lipinski definition) is 13. The standard InChI is InChI=1S/C15H15ClFN3O3S2.C15H12F2N4O3.C3H8NO5P/c1-23-13(21)8-24-12-7-11(10(17)6-9(12)16)18-14-19-4-2-3-5-20(19)15(22)25-14;1-8(13-12(14(22)23)3-2-4-18-13)20-21-15(24)19-11-6-9(16)5-10(17)7-11;5-3(6)1-4-2-10(7,8)9/h6-7H,2-5,8H2,1H3;2-7H,1H3,(H,22,23)(H2,19,21,24);4H,1-2H2,(H,5,6)(H2,7,8,9)/b;20-8+;. The minimum atomic E-state index is -4.10. The lowest BCUT2D eigenvalue weighted by Crippen LogP contribution is -2.31. The van der Waals surface area contributed by atoms with Crippen LogP contribution < -0.4 is 25.7 Å². The molecule has 0 radical (unpaired) electrons. The number of carboxylic acids is 2. The lowest BCUT2D eigenvalue weighted by molar-refractivity contribution is -0.137. The lowest BCUT2D eigenvalue weighted by atomic mass is 10.1. The van der Waals surface area contributed by atoms with E-state index in [1.807, 2.05) is 0 Å². The number of ether oxygens (including phenoxy) is 1. The zero-order valence-electron chi connectivity index (χ0n) is 30.7. The fourth-order valence-electron chi connectivity index (χ4n) is 4.58. The van der Waals surface area contributed by atoms with E-state index in [0.717, 1.165) is 54.1 Å². The van der Waals surface area contributed by atoms with Gasteiger partial charge in [-0.05, 0) is 67.5 Å². The number of pyridine rings is 1. The first-order valence-electron chi connectivity index (χ1n) is 16.5. The molecule has 1 aliphatic rings. The van der Waals surface area contributed by atoms with Gasteiger partial charge in [0, 0.05) is 35.9 Å². The van der Waals surface area contributed by atoms with Crippen molar-refractivity contribution in [2.24, 2.45) is 10.1 Å². The van der Waals surface area contributed by atoms with Crippen LogP contribution in [0.3, 0.4) is 0 Å². The molecule has 2 aromatic heterocycles. The smallest absolute Gasteiger partial charge is 0.339 e. The Morgan fingerprint density at radius 1 is 1.05 bits per heavy atom. The van der Waals surface area contributed by atoms with Gasteiger partial charge in [-0.1, -0.05) is 11.6 Å². The van der Waals surface area contributed by atoms with Crippen molar-refractivity contribution < 1.29 is 61.7 Å². The normalized spacial score (nSPS) is 12.5. The Bertz CT molecular complexity index is 2370. The van der Waals surface area contributed by atoms with E-state index >= 15 is 0 Å². The molecule has 26 heteroatoms. The number of nitrogens with zero attached hydrogens (tertiary/aromatic N) is 5. The third kappa shape index (κ3) is 16.1. The number of fused-ring (bicyclic) bond motifs is 1. The fourth-order valence-corrected chi connectivity index (χ4v) is 6.97. The predicted octanol–water partition coefficient (Wildman–Crippen LogP) is 4.19. The number of nitrogens with one attached hydrogen (secondary N) is 3. The van der Waals surface area contributed by atoms with E-state index < -0.39 is 61.8 Å². The van der Waals surface area contributed by atoms with Crippen LogP contribution in [0.5, 0.6) is 0 Å². The Hall–Kier alpha value is -5.36. The molecular formula is C33H35ClF3N8O11PS2. The van der Waals surface area contributed by atoms with Crippen LogP contribution in [-0.2, 0) is 32.0 Å². The molecule has 0 aliphatic carbocycles. The number of urea groups is 1. The van der Waals surface area contributed by atoms with Gasteiger partial charge in [0.15, 0.2) is 0 Å². The number of rotatable bonds is 12. The first-order valence-corrected chi connectivity index (χ1v) is 20.5. The number of anilines is 1. The van der Waals surface area contributed by atoms with E-state index in [0.29, 0.717) is 28.9 Å². The van der Waals surface area contributed by atoms with Crippen LogP contribution in [0.25, 0.3) is 0 Å². The number of aromatic carboxylic acids is 1. The molecule has 2 amide bonds. The Labute approximate surface area is 344 Å². The van der Waals surface area contributed by atoms with E-state index in [-0.39, 0.29) is 44.0 Å². The van der Waals surface area contributed by atoms with Crippen LogP contribution in [0.15, 0.2) is 68.4 Å². The average molecular weight is 907 g/mol. The summed E-state index contributed by atoms with van der Waals surface area (Å²) in [6.45, 7) is 2.34. The van der Waals surface area contributed by atoms with Gasteiger partial charge in [-0.3, -0.25) is 33.9 Å². The Morgan fingerprint density at radius 2 is 1.71 bits per heavy atom. The number of amides is 2. The summed E-state index contributed by atoms with van der Waals surface area (Å²) in [5.74, 6) is -4.94. The van der Waals surface area contributed by atoms with Crippen molar-refractivity contribution in [1.29, 1.82) is 0 Å². The van der Waals surface area contributed by atoms with Gasteiger partial charge in [0.05, 0.1) is 42.0 Å². The van der Waals surface area contributed by atoms with Crippen LogP contribution in [0, 0.1) is 17.5 Å². The van der Waals surface area contributed by atoms with Gasteiger partial charge in [0.1, 0.15) is 28.8 Å². The molecule has 0 spiro atoms. The number of benzene rings is 2. The van der Waals surface area contributed by atoms with Crippen molar-refractivity contribution in [3.05, 3.63) is 96.9 Å². The van der Waals surface area contributed by atoms with E-state index in [9.17, 15) is 41.7 Å². The molecular weight excluding hydrogens is 872 g/mol. The molecule has 59 heavy (non-hydrogen) atoms. The first-order chi connectivity index (χ1) is 27.8. The molecule has 3 heterocycles. The summed E-state index contributed by atoms with van der Waals surface area (Å²) in [7, 11) is -2.80. The molecule has 5 rings (SSSR count). The minimum Gasteiger partial charge on any atom is -0.480 e. The van der Waals surface area contributed by atoms with Gasteiger partial charge < -0.3 is 30.1 Å². The van der Waals surface area contributed by atoms with E-state index in [1.165, 1.54) is 38.4 Å². The van der Waals surface area contributed by atoms with Crippen LogP contribution in [-0.4, -0.2) is 89.7 Å². The van der Waals surface area contributed by atoms with Gasteiger partial charge in [0.25, 0.3) is 0 Å². The maximum absolute atomic E-state index is 14.3. The van der Waals surface area contributed by atoms with Crippen molar-refractivity contribution >= 4 is 83.3 Å². The molecule has 0 saturated heterocycles. The maximum Gasteiger partial charge on any atom is 0.339 e. The second-order valence-electron chi connectivity index (χ2n) is 11.6. The molecule has 0 atom stereocenters. The molecule has 19 nitrogen and oxygen atoms in total. The second kappa shape index (κ2) is 22.7. The van der Waals surface area contributed by atoms with Crippen molar-refractivity contribution in [2.45, 2.75) is 37.8 Å². The largest absolute Gasteiger partial charge is 0.480 e. The first kappa shape index (κ1) is 48.0. The number of methoxy groups -OCH3 is 1. The van der Waals surface area contributed by atoms with Crippen LogP contribution in [0.2, 0.25) is 5.02 Å². The Kier molecular flexibility index (Phi) is 18.5. The van der Waals surface area contributed by atoms with Crippen LogP contribution in [0.1, 0.15) is 35.8 Å². The molecule has 0 fully saturated rings. The summed E-state index contributed by atoms with van der Waals surface area (Å²) in [6, 6.07) is 7.12. The van der Waals surface area contributed by atoms with Gasteiger partial charge in [-0.15, -0.1) is 11.8 Å². The summed E-state index contributed by atoms with van der Waals surface area (Å²) in [5, 5.41) is 25.2. The van der Waals surface area contributed by atoms with Crippen LogP contribution >= 0.6 is 42.3 Å². The summed E-state index contributed by atoms with van der Waals surface area (Å²) >= 11 is 8.17. The van der Waals surface area contributed by atoms with Gasteiger partial charge in [-0.25, -0.2) is 37.9 Å². The van der Waals surface area contributed by atoms with E-state index in [1.54, 1.807) is 9.36 Å². The molecule has 0 unspecified atom stereocenters. The van der Waals surface area contributed by atoms with Crippen molar-refractivity contribution in [2.75, 3.05) is 31.0 Å². The average Bonchev–Trinajstić information content (AvgIpc) is 3.48. The molecule has 318 valence electrons. The molecule has 0 saturated carbocycles. The number of aromatic nitrogens is 3. The summed E-state index contributed by atoms with van der Waals surface area (Å²) in [5.41, 5.74) is 2.24. The number of carboxylic acid groups (broad SMARTS) is 2. The highest BCUT2D eigenvalue weighted by Crippen LogP contribution is 2.33. The number of hydrogen-bond donors (Lipinski definition) is 7. The predicted molar refractivity (Wildman–Crippen MR) is 210 cm³/mol. The zero-order valence-corrected chi connectivity index (χ0v) is 34.0. The summed E-state index contributed by atoms with van der Waals surface area (Å²) in [4.78, 5) is 81.3. The zero-order chi connectivity index (χ0) is 43.9. The minimum absolute atomic E-state index is 0.0605. The number of carbonyl (C=O) groups excluding carboxylic acids is 2. The van der Waals surface area contributed by atoms with Crippen molar-refractivity contribution in [3.63, 3.8) is 0 Å². The molecule has 1 aliphatic heterocycles. The molecule has 7 N–H and O–H groups in total. The number of halogens is 4. The molecule has 2 aromatic carbocycles. The third-order valence-corrected chi connectivity index (χ3v) is 10.1. The Morgan fingerprint density at radius 3 is 2.32 bits per heavy atom. The van der Waals surface area contributed by atoms with Crippen molar-refractivity contribution in [3.8, 4) is 0 Å². The Balaban J connectivity index is 0.000000258. The number of aliphatic carboxylic acids is 1. The maximum atomic E-state index is 14.3. The third-order valence-electron chi connectivity index (χ3n) is 7.10. The number of carbonyl (C=O) groups is 4. The topological polar surface area (TPSA) is 276 Å². The van der Waals surface area contributed by atoms with Gasteiger partial charge in [0.2, 0.25) is 4.80 Å². The fraction of sp³-hybridized carbons (Fsp3) is 0.273. The SMILES string of the molecule is C/C(=N\NC(=O)Nc1cc(F)cc(F)c1)c1ncccc1C(=O)O.COC(=O)CSc1cc(N=c2sc(=O)n3n2CCCC3)c(F)cc1Cl.O=C(O)CNCP(=O)(O)O. The van der Waals surface area contributed by atoms with Crippen LogP contribution in [0.4, 0.5) is 29.3 Å². The molecule has 4 aromatic rings. The summed E-state index contributed by atoms with van der Waals surface area (Å²) in [6.07, 6.45) is 2.68. The van der Waals surface area contributed by atoms with Gasteiger partial charge in [-0.2, -0.15) is 5.10 Å². The number of hydrazone groups is 1. The summed E-state index contributed by atoms with van der Waals surface area (Å²) < 4.78 is 58.4. The molecule has 0 bridgehead atoms. The highest BCUT2D eigenvalue weighted by molar-refractivity contribution is 8.00. The second-order valence-corrected chi connectivity index (χ2v) is 15.6. The van der Waals surface area contributed by atoms with E-state index in [2.05, 4.69) is 35.9 Å². The number of esters is 1. The highest BCUT2D eigenvalue weighted by Gasteiger charge is 2.17. The van der Waals surface area contributed by atoms with Crippen molar-refractivity contribution in [1.82, 2.24) is 25.1 Å². The van der Waals surface area contributed by atoms with E-state index in [4.69, 9.17) is 31.6 Å². The van der Waals surface area contributed by atoms with Gasteiger partial charge >= 0.3 is 36.4 Å². The highest BCUT2D eigenvalue weighted by atomic mass is 35.5.